The number of aliphatic hydroxyl groups excluding tert-OH is 1. The first-order valence-electron chi connectivity index (χ1n) is 7.29. The molecule has 0 spiro atoms. The predicted octanol–water partition coefficient (Wildman–Crippen LogP) is 3.94. The number of hydrogen-bond acceptors (Lipinski definition) is 5. The van der Waals surface area contributed by atoms with Gasteiger partial charge in [0.15, 0.2) is 0 Å². The highest BCUT2D eigenvalue weighted by molar-refractivity contribution is 7.97. The molecule has 4 nitrogen and oxygen atoms in total. The molecule has 0 radical (unpaired) electrons. The van der Waals surface area contributed by atoms with Crippen LogP contribution in [0.4, 0.5) is 13.2 Å². The molecule has 0 bridgehead atoms. The lowest BCUT2D eigenvalue weighted by Crippen LogP contribution is -2.21. The standard InChI is InChI=1S/C17H13F3N2O2S/c1-22-25-14-3-2-13(12-7-17(19,20)16(23)15(12)14)24-11-5-9(8-21)4-10(18)6-11/h2-6,16,22-23H,7H2,1H3. The van der Waals surface area contributed by atoms with Gasteiger partial charge < -0.3 is 9.84 Å². The van der Waals surface area contributed by atoms with E-state index in [2.05, 4.69) is 4.72 Å². The van der Waals surface area contributed by atoms with E-state index < -0.39 is 24.3 Å². The van der Waals surface area contributed by atoms with E-state index in [0.29, 0.717) is 4.90 Å². The molecule has 2 aromatic carbocycles. The second kappa shape index (κ2) is 6.59. The number of hydrogen-bond donors (Lipinski definition) is 2. The fourth-order valence-electron chi connectivity index (χ4n) is 2.76. The minimum atomic E-state index is -3.31. The van der Waals surface area contributed by atoms with Crippen LogP contribution in [0.2, 0.25) is 0 Å². The van der Waals surface area contributed by atoms with Gasteiger partial charge in [-0.1, -0.05) is 0 Å². The van der Waals surface area contributed by atoms with Crippen molar-refractivity contribution in [3.05, 3.63) is 52.8 Å². The molecular formula is C17H13F3N2O2S. The third-order valence-electron chi connectivity index (χ3n) is 3.80. The minimum absolute atomic E-state index is 0.0254. The van der Waals surface area contributed by atoms with Gasteiger partial charge in [-0.3, -0.25) is 4.72 Å². The summed E-state index contributed by atoms with van der Waals surface area (Å²) >= 11 is 1.11. The highest BCUT2D eigenvalue weighted by atomic mass is 32.2. The first-order chi connectivity index (χ1) is 11.9. The molecule has 0 amide bonds. The van der Waals surface area contributed by atoms with Gasteiger partial charge in [0.05, 0.1) is 11.6 Å². The molecule has 0 saturated heterocycles. The Morgan fingerprint density at radius 2 is 2.12 bits per heavy atom. The summed E-state index contributed by atoms with van der Waals surface area (Å²) in [5.41, 5.74) is 0.318. The number of fused-ring (bicyclic) bond motifs is 1. The lowest BCUT2D eigenvalue weighted by molar-refractivity contribution is -0.0976. The zero-order valence-electron chi connectivity index (χ0n) is 13.0. The van der Waals surface area contributed by atoms with E-state index in [1.54, 1.807) is 19.2 Å². The van der Waals surface area contributed by atoms with Crippen LogP contribution in [-0.4, -0.2) is 18.1 Å². The van der Waals surface area contributed by atoms with Crippen molar-refractivity contribution in [3.8, 4) is 17.6 Å². The average Bonchev–Trinajstić information content (AvgIpc) is 2.80. The van der Waals surface area contributed by atoms with E-state index in [9.17, 15) is 18.3 Å². The van der Waals surface area contributed by atoms with E-state index in [1.165, 1.54) is 12.1 Å². The fraction of sp³-hybridized carbons (Fsp3) is 0.235. The van der Waals surface area contributed by atoms with Crippen molar-refractivity contribution in [1.82, 2.24) is 4.72 Å². The number of ether oxygens (including phenoxy) is 1. The normalized spacial score (nSPS) is 17.8. The monoisotopic (exact) mass is 366 g/mol. The second-order valence-corrected chi connectivity index (χ2v) is 6.54. The summed E-state index contributed by atoms with van der Waals surface area (Å²) in [6, 6.07) is 8.26. The number of benzene rings is 2. The van der Waals surface area contributed by atoms with Crippen LogP contribution in [-0.2, 0) is 6.42 Å². The number of aliphatic hydroxyl groups is 1. The van der Waals surface area contributed by atoms with E-state index in [1.807, 2.05) is 0 Å². The van der Waals surface area contributed by atoms with E-state index >= 15 is 0 Å². The molecule has 3 rings (SSSR count). The average molecular weight is 366 g/mol. The largest absolute Gasteiger partial charge is 0.457 e. The summed E-state index contributed by atoms with van der Waals surface area (Å²) in [5, 5.41) is 18.9. The molecule has 0 aromatic heterocycles. The fourth-order valence-corrected chi connectivity index (χ4v) is 3.46. The quantitative estimate of drug-likeness (QED) is 0.803. The van der Waals surface area contributed by atoms with Crippen molar-refractivity contribution in [2.75, 3.05) is 7.05 Å². The lowest BCUT2D eigenvalue weighted by Gasteiger charge is -2.16. The maximum absolute atomic E-state index is 14.0. The van der Waals surface area contributed by atoms with Crippen molar-refractivity contribution < 1.29 is 23.0 Å². The Kier molecular flexibility index (Phi) is 4.64. The number of nitrogens with one attached hydrogen (secondary N) is 1. The van der Waals surface area contributed by atoms with Gasteiger partial charge in [-0.2, -0.15) is 5.26 Å². The molecule has 1 aliphatic carbocycles. The van der Waals surface area contributed by atoms with Gasteiger partial charge in [0.25, 0.3) is 5.92 Å². The number of nitriles is 1. The topological polar surface area (TPSA) is 65.3 Å². The smallest absolute Gasteiger partial charge is 0.281 e. The Bertz CT molecular complexity index is 868. The van der Waals surface area contributed by atoms with Crippen LogP contribution in [0.3, 0.4) is 0 Å². The Hall–Kier alpha value is -2.21. The van der Waals surface area contributed by atoms with E-state index in [0.717, 1.165) is 24.1 Å². The van der Waals surface area contributed by atoms with Crippen molar-refractivity contribution in [2.45, 2.75) is 23.3 Å². The molecule has 0 fully saturated rings. The summed E-state index contributed by atoms with van der Waals surface area (Å²) in [5.74, 6) is -3.86. The number of rotatable bonds is 4. The molecule has 1 aliphatic rings. The Morgan fingerprint density at radius 1 is 1.36 bits per heavy atom. The molecule has 25 heavy (non-hydrogen) atoms. The summed E-state index contributed by atoms with van der Waals surface area (Å²) in [6.07, 6.45) is -2.62. The van der Waals surface area contributed by atoms with E-state index in [4.69, 9.17) is 10.00 Å². The van der Waals surface area contributed by atoms with Gasteiger partial charge in [0.2, 0.25) is 0 Å². The molecule has 0 saturated carbocycles. The van der Waals surface area contributed by atoms with E-state index in [-0.39, 0.29) is 28.2 Å². The lowest BCUT2D eigenvalue weighted by atomic mass is 10.1. The van der Waals surface area contributed by atoms with Crippen LogP contribution in [0, 0.1) is 17.1 Å². The molecular weight excluding hydrogens is 353 g/mol. The van der Waals surface area contributed by atoms with Gasteiger partial charge in [-0.15, -0.1) is 0 Å². The Labute approximate surface area is 146 Å². The highest BCUT2D eigenvalue weighted by Crippen LogP contribution is 2.50. The molecule has 0 heterocycles. The summed E-state index contributed by atoms with van der Waals surface area (Å²) in [7, 11) is 1.64. The van der Waals surface area contributed by atoms with Gasteiger partial charge >= 0.3 is 0 Å². The molecule has 2 N–H and O–H groups in total. The maximum Gasteiger partial charge on any atom is 0.281 e. The van der Waals surface area contributed by atoms with Crippen LogP contribution in [0.1, 0.15) is 22.8 Å². The molecule has 8 heteroatoms. The van der Waals surface area contributed by atoms with Crippen molar-refractivity contribution in [2.24, 2.45) is 0 Å². The second-order valence-electron chi connectivity index (χ2n) is 5.49. The van der Waals surface area contributed by atoms with Crippen LogP contribution in [0.15, 0.2) is 35.2 Å². The Balaban J connectivity index is 2.05. The molecule has 0 aliphatic heterocycles. The minimum Gasteiger partial charge on any atom is -0.457 e. The molecule has 2 aromatic rings. The molecule has 1 unspecified atom stereocenters. The van der Waals surface area contributed by atoms with Gasteiger partial charge in [0.1, 0.15) is 23.4 Å². The first-order valence-corrected chi connectivity index (χ1v) is 8.11. The van der Waals surface area contributed by atoms with Crippen LogP contribution >= 0.6 is 11.9 Å². The zero-order chi connectivity index (χ0) is 18.2. The highest BCUT2D eigenvalue weighted by Gasteiger charge is 2.49. The number of halogens is 3. The summed E-state index contributed by atoms with van der Waals surface area (Å²) in [4.78, 5) is 0.464. The number of nitrogens with zero attached hydrogens (tertiary/aromatic N) is 1. The zero-order valence-corrected chi connectivity index (χ0v) is 13.8. The van der Waals surface area contributed by atoms with Crippen LogP contribution in [0.25, 0.3) is 0 Å². The van der Waals surface area contributed by atoms with Gasteiger partial charge in [-0.05, 0) is 43.3 Å². The van der Waals surface area contributed by atoms with Gasteiger partial charge in [0, 0.05) is 28.5 Å². The molecule has 1 atom stereocenters. The third kappa shape index (κ3) is 3.31. The first kappa shape index (κ1) is 17.6. The maximum atomic E-state index is 14.0. The predicted molar refractivity (Wildman–Crippen MR) is 86.2 cm³/mol. The Morgan fingerprint density at radius 3 is 2.80 bits per heavy atom. The molecule has 130 valence electrons. The van der Waals surface area contributed by atoms with Crippen LogP contribution in [0.5, 0.6) is 11.5 Å². The van der Waals surface area contributed by atoms with Crippen LogP contribution < -0.4 is 9.46 Å². The van der Waals surface area contributed by atoms with Crippen molar-refractivity contribution in [1.29, 1.82) is 5.26 Å². The van der Waals surface area contributed by atoms with Crippen molar-refractivity contribution >= 4 is 11.9 Å². The summed E-state index contributed by atoms with van der Waals surface area (Å²) in [6.45, 7) is 0. The summed E-state index contributed by atoms with van der Waals surface area (Å²) < 4.78 is 49.9. The van der Waals surface area contributed by atoms with Gasteiger partial charge in [-0.25, -0.2) is 13.2 Å². The number of alkyl halides is 2. The van der Waals surface area contributed by atoms with Crippen molar-refractivity contribution in [3.63, 3.8) is 0 Å². The SMILES string of the molecule is CNSc1ccc(Oc2cc(F)cc(C#N)c2)c2c1C(O)C(F)(F)C2. The third-order valence-corrected chi connectivity index (χ3v) is 4.58.